The molecule has 10 aromatic rings. The third-order valence-corrected chi connectivity index (χ3v) is 10.3. The van der Waals surface area contributed by atoms with Crippen molar-refractivity contribution in [3.8, 4) is 16.8 Å². The highest BCUT2D eigenvalue weighted by Crippen LogP contribution is 2.45. The molecule has 0 radical (unpaired) electrons. The monoisotopic (exact) mass is 642 g/mol. The zero-order chi connectivity index (χ0) is 33.3. The molecule has 0 bridgehead atoms. The van der Waals surface area contributed by atoms with Crippen LogP contribution in [0.4, 0.5) is 21.5 Å². The van der Waals surface area contributed by atoms with Crippen LogP contribution >= 0.6 is 0 Å². The molecule has 0 saturated carbocycles. The Morgan fingerprint density at radius 1 is 0.500 bits per heavy atom. The van der Waals surface area contributed by atoms with Crippen LogP contribution in [0, 0.1) is 12.7 Å². The summed E-state index contributed by atoms with van der Waals surface area (Å²) >= 11 is 0. The summed E-state index contributed by atoms with van der Waals surface area (Å²) in [6.45, 7) is 2.06. The van der Waals surface area contributed by atoms with Crippen LogP contribution in [-0.4, -0.2) is 4.57 Å². The van der Waals surface area contributed by atoms with Crippen molar-refractivity contribution in [2.45, 2.75) is 6.92 Å². The second-order valence-electron chi connectivity index (χ2n) is 13.1. The van der Waals surface area contributed by atoms with E-state index in [1.54, 1.807) is 6.07 Å². The zero-order valence-corrected chi connectivity index (χ0v) is 27.4. The van der Waals surface area contributed by atoms with Crippen LogP contribution in [0.25, 0.3) is 70.9 Å². The lowest BCUT2D eigenvalue weighted by Crippen LogP contribution is -2.12. The van der Waals surface area contributed by atoms with Gasteiger partial charge >= 0.3 is 0 Å². The Labute approximate surface area is 289 Å². The number of benzene rings is 9. The van der Waals surface area contributed by atoms with Gasteiger partial charge in [0.25, 0.3) is 0 Å². The van der Waals surface area contributed by atoms with Crippen molar-refractivity contribution in [2.24, 2.45) is 0 Å². The van der Waals surface area contributed by atoms with Gasteiger partial charge in [-0.25, -0.2) is 4.39 Å². The topological polar surface area (TPSA) is 8.17 Å². The highest BCUT2D eigenvalue weighted by Gasteiger charge is 2.21. The van der Waals surface area contributed by atoms with Crippen LogP contribution in [0.15, 0.2) is 170 Å². The van der Waals surface area contributed by atoms with Crippen molar-refractivity contribution in [1.29, 1.82) is 0 Å². The first-order valence-corrected chi connectivity index (χ1v) is 17.1. The summed E-state index contributed by atoms with van der Waals surface area (Å²) < 4.78 is 17.7. The van der Waals surface area contributed by atoms with Crippen LogP contribution in [0.5, 0.6) is 0 Å². The smallest absolute Gasteiger partial charge is 0.147 e. The first-order chi connectivity index (χ1) is 24.7. The van der Waals surface area contributed by atoms with E-state index < -0.39 is 0 Å². The van der Waals surface area contributed by atoms with Crippen LogP contribution in [-0.2, 0) is 0 Å². The summed E-state index contributed by atoms with van der Waals surface area (Å²) in [6.07, 6.45) is 0. The quantitative estimate of drug-likeness (QED) is 0.170. The third-order valence-electron chi connectivity index (χ3n) is 10.3. The summed E-state index contributed by atoms with van der Waals surface area (Å²) in [5.74, 6) is -0.257. The van der Waals surface area contributed by atoms with Gasteiger partial charge in [0.05, 0.1) is 16.7 Å². The number of aryl methyl sites for hydroxylation is 1. The number of rotatable bonds is 5. The number of hydrogen-bond donors (Lipinski definition) is 0. The molecule has 1 heterocycles. The van der Waals surface area contributed by atoms with E-state index in [0.717, 1.165) is 28.2 Å². The van der Waals surface area contributed by atoms with Crippen molar-refractivity contribution in [3.05, 3.63) is 181 Å². The lowest BCUT2D eigenvalue weighted by molar-refractivity contribution is 0.629. The lowest BCUT2D eigenvalue weighted by Gasteiger charge is -2.27. The maximum atomic E-state index is 15.3. The molecule has 3 heteroatoms. The molecule has 0 fully saturated rings. The molecular weight excluding hydrogens is 612 g/mol. The number of aromatic nitrogens is 1. The molecule has 1 aromatic heterocycles. The molecule has 50 heavy (non-hydrogen) atoms. The molecule has 0 aliphatic heterocycles. The molecule has 9 aromatic carbocycles. The van der Waals surface area contributed by atoms with Gasteiger partial charge in [-0.2, -0.15) is 0 Å². The molecule has 0 amide bonds. The molecule has 0 unspecified atom stereocenters. The lowest BCUT2D eigenvalue weighted by atomic mass is 9.89. The summed E-state index contributed by atoms with van der Waals surface area (Å²) in [7, 11) is 0. The second kappa shape index (κ2) is 11.0. The van der Waals surface area contributed by atoms with Crippen LogP contribution < -0.4 is 4.90 Å². The SMILES string of the molecule is Cc1ccccc1N(c1ccc(-c2ccc3ccc4c5c(ccc2c35)cc2c3ccccc3n(-c3ccccc3)c24)cc1)c1ccccc1F. The van der Waals surface area contributed by atoms with Gasteiger partial charge in [-0.3, -0.25) is 0 Å². The maximum absolute atomic E-state index is 15.3. The summed E-state index contributed by atoms with van der Waals surface area (Å²) in [5.41, 5.74) is 9.35. The van der Waals surface area contributed by atoms with Gasteiger partial charge in [0, 0.05) is 33.2 Å². The molecule has 10 rings (SSSR count). The van der Waals surface area contributed by atoms with E-state index in [4.69, 9.17) is 0 Å². The Morgan fingerprint density at radius 2 is 1.16 bits per heavy atom. The van der Waals surface area contributed by atoms with Crippen molar-refractivity contribution < 1.29 is 4.39 Å². The highest BCUT2D eigenvalue weighted by molar-refractivity contribution is 6.32. The van der Waals surface area contributed by atoms with Gasteiger partial charge in [0.15, 0.2) is 0 Å². The summed E-state index contributed by atoms with van der Waals surface area (Å²) in [5, 5.41) is 10.0. The fourth-order valence-corrected chi connectivity index (χ4v) is 8.07. The third kappa shape index (κ3) is 4.20. The largest absolute Gasteiger partial charge is 0.309 e. The van der Waals surface area contributed by atoms with Gasteiger partial charge < -0.3 is 9.47 Å². The number of para-hydroxylation sites is 4. The molecule has 0 spiro atoms. The molecular formula is C47H31FN2. The van der Waals surface area contributed by atoms with Crippen molar-refractivity contribution in [3.63, 3.8) is 0 Å². The number of hydrogen-bond acceptors (Lipinski definition) is 1. The molecule has 0 aliphatic rings. The normalized spacial score (nSPS) is 11.8. The van der Waals surface area contributed by atoms with Gasteiger partial charge in [-0.15, -0.1) is 0 Å². The predicted molar refractivity (Wildman–Crippen MR) is 209 cm³/mol. The van der Waals surface area contributed by atoms with E-state index in [-0.39, 0.29) is 5.82 Å². The number of fused-ring (bicyclic) bond motifs is 4. The van der Waals surface area contributed by atoms with Gasteiger partial charge in [0.1, 0.15) is 5.82 Å². The van der Waals surface area contributed by atoms with Gasteiger partial charge in [0.2, 0.25) is 0 Å². The Morgan fingerprint density at radius 3 is 1.98 bits per heavy atom. The molecule has 2 nitrogen and oxygen atoms in total. The predicted octanol–water partition coefficient (Wildman–Crippen LogP) is 13.3. The van der Waals surface area contributed by atoms with E-state index in [1.165, 1.54) is 65.8 Å². The van der Waals surface area contributed by atoms with Crippen molar-refractivity contribution in [2.75, 3.05) is 4.90 Å². The van der Waals surface area contributed by atoms with E-state index in [0.29, 0.717) is 5.69 Å². The minimum Gasteiger partial charge on any atom is -0.309 e. The Hall–Kier alpha value is -6.45. The maximum Gasteiger partial charge on any atom is 0.147 e. The fraction of sp³-hybridized carbons (Fsp3) is 0.0213. The Bertz CT molecular complexity index is 2840. The van der Waals surface area contributed by atoms with Gasteiger partial charge in [-0.1, -0.05) is 115 Å². The standard InChI is InChI=1S/C47H31FN2/c1-30-11-5-8-16-42(30)49(44-18-10-7-15-41(44)48)35-24-19-31(20-25-35)36-26-21-32-22-28-39-46-33(23-27-38(36)45(32)46)29-40-37-14-6-9-17-43(37)50(47(39)40)34-12-3-2-4-13-34/h2-29H,1H3. The molecule has 0 atom stereocenters. The van der Waals surface area contributed by atoms with Crippen LogP contribution in [0.3, 0.4) is 0 Å². The van der Waals surface area contributed by atoms with Crippen LogP contribution in [0.2, 0.25) is 0 Å². The molecule has 0 saturated heterocycles. The Balaban J connectivity index is 1.18. The number of halogens is 1. The number of anilines is 3. The van der Waals surface area contributed by atoms with E-state index in [9.17, 15) is 0 Å². The van der Waals surface area contributed by atoms with E-state index in [1.807, 2.05) is 35.2 Å². The van der Waals surface area contributed by atoms with Gasteiger partial charge in [-0.05, 0) is 105 Å². The average molecular weight is 643 g/mol. The minimum absolute atomic E-state index is 0.257. The summed E-state index contributed by atoms with van der Waals surface area (Å²) in [6, 6.07) is 59.1. The number of nitrogens with zero attached hydrogens (tertiary/aromatic N) is 2. The van der Waals surface area contributed by atoms with Crippen LogP contribution in [0.1, 0.15) is 5.56 Å². The van der Waals surface area contributed by atoms with E-state index in [2.05, 4.69) is 139 Å². The second-order valence-corrected chi connectivity index (χ2v) is 13.1. The van der Waals surface area contributed by atoms with Crippen molar-refractivity contribution in [1.82, 2.24) is 4.57 Å². The molecule has 0 N–H and O–H groups in total. The fourth-order valence-electron chi connectivity index (χ4n) is 8.07. The first-order valence-electron chi connectivity index (χ1n) is 17.1. The van der Waals surface area contributed by atoms with E-state index >= 15 is 4.39 Å². The van der Waals surface area contributed by atoms with Crippen molar-refractivity contribution >= 4 is 71.2 Å². The molecule has 236 valence electrons. The minimum atomic E-state index is -0.257. The highest BCUT2D eigenvalue weighted by atomic mass is 19.1. The Kier molecular flexibility index (Phi) is 6.31. The molecule has 0 aliphatic carbocycles. The average Bonchev–Trinajstić information content (AvgIpc) is 3.50. The first kappa shape index (κ1) is 28.6. The summed E-state index contributed by atoms with van der Waals surface area (Å²) in [4.78, 5) is 2.01. The zero-order valence-electron chi connectivity index (χ0n) is 27.4.